The third kappa shape index (κ3) is 3.88. The van der Waals surface area contributed by atoms with Gasteiger partial charge in [-0.25, -0.2) is 8.78 Å². The van der Waals surface area contributed by atoms with Crippen LogP contribution in [0.3, 0.4) is 0 Å². The number of benzene rings is 2. The minimum absolute atomic E-state index is 0.0207. The second kappa shape index (κ2) is 7.61. The lowest BCUT2D eigenvalue weighted by molar-refractivity contribution is -0.126. The number of amides is 2. The van der Waals surface area contributed by atoms with Gasteiger partial charge in [0.1, 0.15) is 11.6 Å². The molecule has 2 atom stereocenters. The molecule has 0 radical (unpaired) electrons. The highest BCUT2D eigenvalue weighted by Gasteiger charge is 2.36. The molecule has 2 unspecified atom stereocenters. The summed E-state index contributed by atoms with van der Waals surface area (Å²) in [4.78, 5) is 25.7. The average Bonchev–Trinajstić information content (AvgIpc) is 3.02. The van der Waals surface area contributed by atoms with Crippen molar-refractivity contribution in [2.45, 2.75) is 12.5 Å². The van der Waals surface area contributed by atoms with Gasteiger partial charge >= 0.3 is 0 Å². The Hall–Kier alpha value is -2.80. The van der Waals surface area contributed by atoms with Crippen molar-refractivity contribution in [3.63, 3.8) is 0 Å². The molecule has 2 aromatic carbocycles. The van der Waals surface area contributed by atoms with E-state index in [-0.39, 0.29) is 43.1 Å². The van der Waals surface area contributed by atoms with Crippen molar-refractivity contribution in [3.8, 4) is 0 Å². The van der Waals surface area contributed by atoms with E-state index in [1.807, 2.05) is 30.3 Å². The molecule has 3 rings (SSSR count). The van der Waals surface area contributed by atoms with Crippen molar-refractivity contribution in [1.82, 2.24) is 5.32 Å². The predicted molar refractivity (Wildman–Crippen MR) is 93.2 cm³/mol. The molecule has 5 nitrogen and oxygen atoms in total. The molecular formula is C19H19F2N3O2. The van der Waals surface area contributed by atoms with Crippen molar-refractivity contribution in [2.24, 2.45) is 11.7 Å². The van der Waals surface area contributed by atoms with E-state index < -0.39 is 17.6 Å². The van der Waals surface area contributed by atoms with E-state index >= 15 is 0 Å². The molecule has 1 saturated heterocycles. The van der Waals surface area contributed by atoms with E-state index in [1.165, 1.54) is 11.0 Å². The molecule has 1 aliphatic rings. The molecule has 0 spiro atoms. The molecule has 1 aliphatic heterocycles. The first-order chi connectivity index (χ1) is 12.5. The number of anilines is 1. The Labute approximate surface area is 149 Å². The number of carbonyl (C=O) groups is 2. The molecule has 1 heterocycles. The summed E-state index contributed by atoms with van der Waals surface area (Å²) >= 11 is 0. The van der Waals surface area contributed by atoms with Crippen molar-refractivity contribution in [1.29, 1.82) is 0 Å². The standard InChI is InChI=1S/C19H19F2N3O2/c20-14-6-7-17(15(21)9-14)24-11-13(8-18(24)25)19(26)23-10-16(22)12-4-2-1-3-5-12/h1-7,9,13,16H,8,10-11,22H2,(H,23,26). The lowest BCUT2D eigenvalue weighted by Crippen LogP contribution is -2.37. The molecule has 3 N–H and O–H groups in total. The number of carbonyl (C=O) groups excluding carboxylic acids is 2. The lowest BCUT2D eigenvalue weighted by atomic mass is 10.1. The van der Waals surface area contributed by atoms with Gasteiger partial charge in [-0.2, -0.15) is 0 Å². The minimum atomic E-state index is -0.828. The van der Waals surface area contributed by atoms with Crippen LogP contribution in [0.4, 0.5) is 14.5 Å². The van der Waals surface area contributed by atoms with Crippen LogP contribution in [0.25, 0.3) is 0 Å². The van der Waals surface area contributed by atoms with Crippen LogP contribution in [0.2, 0.25) is 0 Å². The van der Waals surface area contributed by atoms with Crippen molar-refractivity contribution in [2.75, 3.05) is 18.0 Å². The first-order valence-corrected chi connectivity index (χ1v) is 8.29. The van der Waals surface area contributed by atoms with E-state index in [0.29, 0.717) is 0 Å². The third-order valence-corrected chi connectivity index (χ3v) is 4.42. The van der Waals surface area contributed by atoms with Crippen molar-refractivity contribution >= 4 is 17.5 Å². The van der Waals surface area contributed by atoms with Crippen LogP contribution in [0, 0.1) is 17.6 Å². The highest BCUT2D eigenvalue weighted by Crippen LogP contribution is 2.28. The van der Waals surface area contributed by atoms with E-state index in [0.717, 1.165) is 17.7 Å². The van der Waals surface area contributed by atoms with Crippen LogP contribution in [0.1, 0.15) is 18.0 Å². The van der Waals surface area contributed by atoms with E-state index in [4.69, 9.17) is 5.73 Å². The topological polar surface area (TPSA) is 75.4 Å². The largest absolute Gasteiger partial charge is 0.354 e. The number of hydrogen-bond donors (Lipinski definition) is 2. The Morgan fingerprint density at radius 3 is 2.65 bits per heavy atom. The van der Waals surface area contributed by atoms with Crippen LogP contribution in [-0.2, 0) is 9.59 Å². The number of nitrogens with two attached hydrogens (primary N) is 1. The van der Waals surface area contributed by atoms with Crippen molar-refractivity contribution in [3.05, 3.63) is 65.7 Å². The molecule has 0 aliphatic carbocycles. The molecule has 1 fully saturated rings. The van der Waals surface area contributed by atoms with E-state index in [9.17, 15) is 18.4 Å². The lowest BCUT2D eigenvalue weighted by Gasteiger charge is -2.18. The molecule has 2 aromatic rings. The van der Waals surface area contributed by atoms with E-state index in [1.54, 1.807) is 0 Å². The summed E-state index contributed by atoms with van der Waals surface area (Å²) in [5.41, 5.74) is 6.92. The zero-order chi connectivity index (χ0) is 18.7. The molecule has 7 heteroatoms. The Kier molecular flexibility index (Phi) is 5.27. The molecule has 0 bridgehead atoms. The van der Waals surface area contributed by atoms with Crippen molar-refractivity contribution < 1.29 is 18.4 Å². The monoisotopic (exact) mass is 359 g/mol. The fraction of sp³-hybridized carbons (Fsp3) is 0.263. The molecule has 0 aromatic heterocycles. The van der Waals surface area contributed by atoms with Gasteiger partial charge in [-0.05, 0) is 17.7 Å². The van der Waals surface area contributed by atoms with Crippen LogP contribution in [0.5, 0.6) is 0 Å². The molecule has 26 heavy (non-hydrogen) atoms. The minimum Gasteiger partial charge on any atom is -0.354 e. The van der Waals surface area contributed by atoms with Gasteiger partial charge in [-0.1, -0.05) is 30.3 Å². The number of halogens is 2. The molecule has 2 amide bonds. The summed E-state index contributed by atoms with van der Waals surface area (Å²) in [6, 6.07) is 12.0. The summed E-state index contributed by atoms with van der Waals surface area (Å²) in [6.07, 6.45) is -0.0246. The van der Waals surface area contributed by atoms with Crippen LogP contribution >= 0.6 is 0 Å². The van der Waals surface area contributed by atoms with Crippen LogP contribution in [0.15, 0.2) is 48.5 Å². The van der Waals surface area contributed by atoms with Crippen LogP contribution in [-0.4, -0.2) is 24.9 Å². The number of hydrogen-bond acceptors (Lipinski definition) is 3. The quantitative estimate of drug-likeness (QED) is 0.859. The normalized spacial score (nSPS) is 18.0. The Bertz CT molecular complexity index is 814. The van der Waals surface area contributed by atoms with Gasteiger partial charge in [-0.15, -0.1) is 0 Å². The second-order valence-electron chi connectivity index (χ2n) is 6.26. The predicted octanol–water partition coefficient (Wildman–Crippen LogP) is 2.13. The Morgan fingerprint density at radius 2 is 1.96 bits per heavy atom. The number of rotatable bonds is 5. The van der Waals surface area contributed by atoms with Gasteiger partial charge in [-0.3, -0.25) is 9.59 Å². The van der Waals surface area contributed by atoms with Gasteiger partial charge in [0, 0.05) is 31.6 Å². The SMILES string of the molecule is NC(CNC(=O)C1CC(=O)N(c2ccc(F)cc2F)C1)c1ccccc1. The number of nitrogens with zero attached hydrogens (tertiary/aromatic N) is 1. The fourth-order valence-electron chi connectivity index (χ4n) is 2.99. The zero-order valence-electron chi connectivity index (χ0n) is 14.0. The van der Waals surface area contributed by atoms with Gasteiger partial charge in [0.05, 0.1) is 11.6 Å². The Morgan fingerprint density at radius 1 is 1.23 bits per heavy atom. The molecular weight excluding hydrogens is 340 g/mol. The van der Waals surface area contributed by atoms with E-state index in [2.05, 4.69) is 5.32 Å². The highest BCUT2D eigenvalue weighted by atomic mass is 19.1. The van der Waals surface area contributed by atoms with Crippen LogP contribution < -0.4 is 16.0 Å². The summed E-state index contributed by atoms with van der Waals surface area (Å²) < 4.78 is 26.9. The van der Waals surface area contributed by atoms with Gasteiger partial charge in [0.15, 0.2) is 0 Å². The zero-order valence-corrected chi connectivity index (χ0v) is 14.0. The summed E-state index contributed by atoms with van der Waals surface area (Å²) in [6.45, 7) is 0.284. The number of nitrogens with one attached hydrogen (secondary N) is 1. The molecule has 0 saturated carbocycles. The summed E-state index contributed by atoms with van der Waals surface area (Å²) in [5, 5.41) is 2.74. The fourth-order valence-corrected chi connectivity index (χ4v) is 2.99. The first kappa shape index (κ1) is 18.0. The van der Waals surface area contributed by atoms with Gasteiger partial charge < -0.3 is 16.0 Å². The smallest absolute Gasteiger partial charge is 0.227 e. The summed E-state index contributed by atoms with van der Waals surface area (Å²) in [5.74, 6) is -2.83. The summed E-state index contributed by atoms with van der Waals surface area (Å²) in [7, 11) is 0. The van der Waals surface area contributed by atoms with Gasteiger partial charge in [0.25, 0.3) is 0 Å². The second-order valence-corrected chi connectivity index (χ2v) is 6.26. The maximum Gasteiger partial charge on any atom is 0.227 e. The maximum absolute atomic E-state index is 13.9. The highest BCUT2D eigenvalue weighted by molar-refractivity contribution is 6.00. The maximum atomic E-state index is 13.9. The Balaban J connectivity index is 1.60. The average molecular weight is 359 g/mol. The first-order valence-electron chi connectivity index (χ1n) is 8.29. The van der Waals surface area contributed by atoms with Gasteiger partial charge in [0.2, 0.25) is 11.8 Å². The third-order valence-electron chi connectivity index (χ3n) is 4.42. The molecule has 136 valence electrons.